The van der Waals surface area contributed by atoms with E-state index in [4.69, 9.17) is 9.84 Å². The number of aryl methyl sites for hydroxylation is 1. The summed E-state index contributed by atoms with van der Waals surface area (Å²) in [5.74, 6) is -1.09. The molecular formula is C27H30N4O7S. The van der Waals surface area contributed by atoms with Crippen LogP contribution in [0.25, 0.3) is 0 Å². The van der Waals surface area contributed by atoms with Crippen LogP contribution in [0.15, 0.2) is 66.7 Å². The van der Waals surface area contributed by atoms with Crippen molar-refractivity contribution >= 4 is 45.0 Å². The quantitative estimate of drug-likeness (QED) is 0.240. The molecule has 3 amide bonds. The van der Waals surface area contributed by atoms with Gasteiger partial charge in [0, 0.05) is 11.4 Å². The second-order valence-corrected chi connectivity index (χ2v) is 10.6. The third-order valence-electron chi connectivity index (χ3n) is 5.60. The van der Waals surface area contributed by atoms with Crippen molar-refractivity contribution in [1.82, 2.24) is 4.72 Å². The van der Waals surface area contributed by atoms with E-state index < -0.39 is 34.5 Å². The summed E-state index contributed by atoms with van der Waals surface area (Å²) in [4.78, 5) is 36.2. The van der Waals surface area contributed by atoms with Gasteiger partial charge in [0.15, 0.2) is 0 Å². The van der Waals surface area contributed by atoms with Crippen molar-refractivity contribution in [2.75, 3.05) is 29.3 Å². The number of methoxy groups -OCH3 is 1. The van der Waals surface area contributed by atoms with E-state index in [-0.39, 0.29) is 12.3 Å². The van der Waals surface area contributed by atoms with Crippen LogP contribution in [0.4, 0.5) is 21.9 Å². The van der Waals surface area contributed by atoms with Crippen LogP contribution in [0.2, 0.25) is 0 Å². The lowest BCUT2D eigenvalue weighted by atomic mass is 10.0. The van der Waals surface area contributed by atoms with Gasteiger partial charge in [0.25, 0.3) is 0 Å². The molecule has 5 N–H and O–H groups in total. The minimum Gasteiger partial charge on any atom is -0.495 e. The summed E-state index contributed by atoms with van der Waals surface area (Å²) >= 11 is 0. The maximum Gasteiger partial charge on any atom is 0.323 e. The molecule has 0 aliphatic carbocycles. The minimum absolute atomic E-state index is 0.0189. The highest BCUT2D eigenvalue weighted by molar-refractivity contribution is 7.88. The van der Waals surface area contributed by atoms with Crippen LogP contribution in [0.5, 0.6) is 5.75 Å². The maximum atomic E-state index is 12.6. The molecule has 1 atom stereocenters. The molecule has 0 bridgehead atoms. The molecule has 0 fully saturated rings. The van der Waals surface area contributed by atoms with Gasteiger partial charge < -0.3 is 25.8 Å². The summed E-state index contributed by atoms with van der Waals surface area (Å²) in [6.45, 7) is 1.89. The SMILES string of the molecule is COc1cc(CC(=O)Nc2ccc(C(CC(=O)O)NS(C)(=O)=O)cc2)ccc1NC(=O)Nc1ccccc1C. The maximum absolute atomic E-state index is 12.6. The molecule has 206 valence electrons. The van der Waals surface area contributed by atoms with Crippen molar-refractivity contribution in [3.8, 4) is 5.75 Å². The number of hydrogen-bond donors (Lipinski definition) is 5. The van der Waals surface area contributed by atoms with Crippen molar-refractivity contribution in [1.29, 1.82) is 0 Å². The number of carboxylic acid groups (broad SMARTS) is 1. The molecule has 3 aromatic rings. The number of sulfonamides is 1. The first kappa shape index (κ1) is 29.1. The van der Waals surface area contributed by atoms with Gasteiger partial charge in [0.2, 0.25) is 15.9 Å². The van der Waals surface area contributed by atoms with Gasteiger partial charge in [-0.1, -0.05) is 36.4 Å². The average molecular weight is 555 g/mol. The molecular weight excluding hydrogens is 524 g/mol. The van der Waals surface area contributed by atoms with Crippen molar-refractivity contribution in [3.63, 3.8) is 0 Å². The van der Waals surface area contributed by atoms with Crippen LogP contribution >= 0.6 is 0 Å². The zero-order valence-electron chi connectivity index (χ0n) is 21.6. The number of carbonyl (C=O) groups is 3. The number of anilines is 3. The molecule has 0 heterocycles. The number of nitrogens with one attached hydrogen (secondary N) is 4. The van der Waals surface area contributed by atoms with Gasteiger partial charge >= 0.3 is 12.0 Å². The monoisotopic (exact) mass is 554 g/mol. The lowest BCUT2D eigenvalue weighted by Crippen LogP contribution is -2.29. The molecule has 11 nitrogen and oxygen atoms in total. The molecule has 3 aromatic carbocycles. The van der Waals surface area contributed by atoms with E-state index in [9.17, 15) is 22.8 Å². The van der Waals surface area contributed by atoms with Gasteiger partial charge in [0.1, 0.15) is 5.75 Å². The van der Waals surface area contributed by atoms with E-state index in [1.54, 1.807) is 48.5 Å². The molecule has 0 saturated carbocycles. The van der Waals surface area contributed by atoms with Crippen LogP contribution in [0.1, 0.15) is 29.2 Å². The minimum atomic E-state index is -3.63. The van der Waals surface area contributed by atoms with E-state index in [1.165, 1.54) is 7.11 Å². The predicted molar refractivity (Wildman–Crippen MR) is 149 cm³/mol. The zero-order chi connectivity index (χ0) is 28.6. The van der Waals surface area contributed by atoms with Crippen molar-refractivity contribution in [2.45, 2.75) is 25.8 Å². The van der Waals surface area contributed by atoms with Gasteiger partial charge in [-0.15, -0.1) is 0 Å². The number of carboxylic acids is 1. The van der Waals surface area contributed by atoms with Gasteiger partial charge in [-0.05, 0) is 53.9 Å². The summed E-state index contributed by atoms with van der Waals surface area (Å²) in [5.41, 5.74) is 3.57. The number of rotatable bonds is 11. The lowest BCUT2D eigenvalue weighted by molar-refractivity contribution is -0.137. The highest BCUT2D eigenvalue weighted by Gasteiger charge is 2.19. The molecule has 0 spiro atoms. The third kappa shape index (κ3) is 9.13. The fraction of sp³-hybridized carbons (Fsp3) is 0.222. The fourth-order valence-corrected chi connectivity index (χ4v) is 4.52. The smallest absolute Gasteiger partial charge is 0.323 e. The number of benzene rings is 3. The Morgan fingerprint density at radius 2 is 1.59 bits per heavy atom. The molecule has 0 radical (unpaired) electrons. The van der Waals surface area contributed by atoms with E-state index >= 15 is 0 Å². The summed E-state index contributed by atoms with van der Waals surface area (Å²) < 4.78 is 30.9. The predicted octanol–water partition coefficient (Wildman–Crippen LogP) is 3.89. The fourth-order valence-electron chi connectivity index (χ4n) is 3.79. The first-order valence-electron chi connectivity index (χ1n) is 11.8. The van der Waals surface area contributed by atoms with Crippen LogP contribution < -0.4 is 25.4 Å². The number of carbonyl (C=O) groups excluding carboxylic acids is 2. The van der Waals surface area contributed by atoms with Crippen LogP contribution in [0, 0.1) is 6.92 Å². The summed E-state index contributed by atoms with van der Waals surface area (Å²) in [7, 11) is -2.17. The van der Waals surface area contributed by atoms with Crippen molar-refractivity contribution in [3.05, 3.63) is 83.4 Å². The first-order chi connectivity index (χ1) is 18.4. The zero-order valence-corrected chi connectivity index (χ0v) is 22.5. The molecule has 0 aliphatic heterocycles. The molecule has 0 aliphatic rings. The summed E-state index contributed by atoms with van der Waals surface area (Å²) in [6, 6.07) is 17.2. The first-order valence-corrected chi connectivity index (χ1v) is 13.7. The van der Waals surface area contributed by atoms with E-state index in [1.807, 2.05) is 25.1 Å². The van der Waals surface area contributed by atoms with Crippen LogP contribution in [-0.2, 0) is 26.0 Å². The Morgan fingerprint density at radius 1 is 0.923 bits per heavy atom. The van der Waals surface area contributed by atoms with Crippen LogP contribution in [-0.4, -0.2) is 44.8 Å². The summed E-state index contributed by atoms with van der Waals surface area (Å²) in [5, 5.41) is 17.4. The number of aliphatic carboxylic acids is 1. The van der Waals surface area contributed by atoms with Gasteiger partial charge in [-0.2, -0.15) is 0 Å². The average Bonchev–Trinajstić information content (AvgIpc) is 2.85. The summed E-state index contributed by atoms with van der Waals surface area (Å²) in [6.07, 6.45) is 0.540. The molecule has 39 heavy (non-hydrogen) atoms. The number of ether oxygens (including phenoxy) is 1. The topological polar surface area (TPSA) is 163 Å². The highest BCUT2D eigenvalue weighted by Crippen LogP contribution is 2.27. The normalized spacial score (nSPS) is 11.8. The molecule has 0 saturated heterocycles. The number of hydrogen-bond acceptors (Lipinski definition) is 6. The Labute approximate surface area is 226 Å². The van der Waals surface area contributed by atoms with Gasteiger partial charge in [-0.25, -0.2) is 17.9 Å². The standard InChI is InChI=1S/C27H30N4O7S/c1-17-6-4-5-7-21(17)29-27(35)30-22-13-8-18(14-24(22)38-2)15-25(32)28-20-11-9-19(10-12-20)23(16-26(33)34)31-39(3,36)37/h4-14,23,31H,15-16H2,1-3H3,(H,28,32)(H,33,34)(H2,29,30,35). The molecule has 1 unspecified atom stereocenters. The third-order valence-corrected chi connectivity index (χ3v) is 6.32. The molecule has 3 rings (SSSR count). The van der Waals surface area contributed by atoms with Gasteiger partial charge in [0.05, 0.1) is 37.9 Å². The Hall–Kier alpha value is -4.42. The number of para-hydroxylation sites is 1. The van der Waals surface area contributed by atoms with E-state index in [0.717, 1.165) is 11.8 Å². The highest BCUT2D eigenvalue weighted by atomic mass is 32.2. The largest absolute Gasteiger partial charge is 0.495 e. The van der Waals surface area contributed by atoms with Crippen LogP contribution in [0.3, 0.4) is 0 Å². The number of urea groups is 1. The molecule has 0 aromatic heterocycles. The Bertz CT molecular complexity index is 1460. The molecule has 12 heteroatoms. The second kappa shape index (κ2) is 12.9. The van der Waals surface area contributed by atoms with Gasteiger partial charge in [-0.3, -0.25) is 9.59 Å². The lowest BCUT2D eigenvalue weighted by Gasteiger charge is -2.16. The van der Waals surface area contributed by atoms with Crippen molar-refractivity contribution < 1.29 is 32.6 Å². The van der Waals surface area contributed by atoms with E-state index in [0.29, 0.717) is 33.9 Å². The van der Waals surface area contributed by atoms with Crippen molar-refractivity contribution in [2.24, 2.45) is 0 Å². The Balaban J connectivity index is 1.62. The Morgan fingerprint density at radius 3 is 2.21 bits per heavy atom. The Kier molecular flexibility index (Phi) is 9.63. The van der Waals surface area contributed by atoms with E-state index in [2.05, 4.69) is 20.7 Å². The second-order valence-electron chi connectivity index (χ2n) is 8.82. The number of amides is 3.